The highest BCUT2D eigenvalue weighted by Crippen LogP contribution is 2.32. The number of fused-ring (bicyclic) bond motifs is 8. The van der Waals surface area contributed by atoms with Gasteiger partial charge in [-0.2, -0.15) is 0 Å². The van der Waals surface area contributed by atoms with E-state index in [0.717, 1.165) is 0 Å². The van der Waals surface area contributed by atoms with Crippen LogP contribution in [-0.2, 0) is 0 Å². The van der Waals surface area contributed by atoms with Crippen LogP contribution >= 0.6 is 0 Å². The minimum atomic E-state index is 1.28. The van der Waals surface area contributed by atoms with E-state index in [4.69, 9.17) is 0 Å². The molecule has 0 heteroatoms. The average Bonchev–Trinajstić information content (AvgIpc) is 3.35. The minimum absolute atomic E-state index is 1.28. The molecular weight excluding hydrogens is 817 g/mol. The Balaban J connectivity index is 0.000000113. The van der Waals surface area contributed by atoms with Gasteiger partial charge in [0.15, 0.2) is 0 Å². The van der Waals surface area contributed by atoms with Gasteiger partial charge >= 0.3 is 0 Å². The fourth-order valence-electron chi connectivity index (χ4n) is 9.33. The molecule has 0 fully saturated rings. The Morgan fingerprint density at radius 3 is 1.12 bits per heavy atom. The van der Waals surface area contributed by atoms with Crippen LogP contribution in [0.5, 0.6) is 0 Å². The molecule has 0 amide bonds. The van der Waals surface area contributed by atoms with Crippen LogP contribution in [0.1, 0.15) is 44.5 Å². The predicted molar refractivity (Wildman–Crippen MR) is 300 cm³/mol. The number of hydrogen-bond acceptors (Lipinski definition) is 0. The molecule has 0 radical (unpaired) electrons. The summed E-state index contributed by atoms with van der Waals surface area (Å²) in [6.07, 6.45) is 0. The van der Waals surface area contributed by atoms with Gasteiger partial charge in [-0.05, 0) is 154 Å². The second-order valence-corrected chi connectivity index (χ2v) is 18.8. The molecule has 0 saturated carbocycles. The summed E-state index contributed by atoms with van der Waals surface area (Å²) in [6, 6.07) is 79.2. The summed E-state index contributed by atoms with van der Waals surface area (Å²) in [5.41, 5.74) is 15.7. The number of rotatable bonds is 2. The second-order valence-electron chi connectivity index (χ2n) is 18.8. The van der Waals surface area contributed by atoms with E-state index in [1.807, 2.05) is 0 Å². The molecule has 0 N–H and O–H groups in total. The van der Waals surface area contributed by atoms with Crippen LogP contribution in [-0.4, -0.2) is 0 Å². The molecule has 0 saturated heterocycles. The quantitative estimate of drug-likeness (QED) is 0.152. The van der Waals surface area contributed by atoms with Crippen molar-refractivity contribution in [2.45, 2.75) is 55.4 Å². The van der Waals surface area contributed by atoms with Gasteiger partial charge in [0, 0.05) is 0 Å². The maximum Gasteiger partial charge on any atom is -0.0103 e. The first-order valence-electron chi connectivity index (χ1n) is 23.9. The molecule has 0 bridgehead atoms. The molecule has 0 nitrogen and oxygen atoms in total. The van der Waals surface area contributed by atoms with E-state index in [1.165, 1.54) is 131 Å². The maximum absolute atomic E-state index is 2.27. The van der Waals surface area contributed by atoms with Crippen LogP contribution in [0.15, 0.2) is 218 Å². The van der Waals surface area contributed by atoms with Crippen molar-refractivity contribution < 1.29 is 0 Å². The number of benzene rings is 12. The summed E-state index contributed by atoms with van der Waals surface area (Å²) in [4.78, 5) is 0. The molecule has 0 aliphatic rings. The smallest absolute Gasteiger partial charge is 0.0103 e. The molecule has 0 heterocycles. The van der Waals surface area contributed by atoms with Crippen LogP contribution in [0.2, 0.25) is 0 Å². The zero-order chi connectivity index (χ0) is 47.3. The Morgan fingerprint density at radius 2 is 0.559 bits per heavy atom. The van der Waals surface area contributed by atoms with Crippen LogP contribution in [0.25, 0.3) is 86.9 Å². The Hall–Kier alpha value is -7.80. The van der Waals surface area contributed by atoms with E-state index in [2.05, 4.69) is 274 Å². The third kappa shape index (κ3) is 10.3. The summed E-state index contributed by atoms with van der Waals surface area (Å²) in [5, 5.41) is 16.0. The van der Waals surface area contributed by atoms with Gasteiger partial charge in [-0.25, -0.2) is 0 Å². The van der Waals surface area contributed by atoms with Crippen LogP contribution < -0.4 is 0 Å². The van der Waals surface area contributed by atoms with Crippen molar-refractivity contribution in [3.63, 3.8) is 0 Å². The van der Waals surface area contributed by atoms with Gasteiger partial charge in [0.25, 0.3) is 0 Å². The molecule has 0 atom stereocenters. The van der Waals surface area contributed by atoms with Crippen LogP contribution in [0, 0.1) is 55.4 Å². The number of hydrogen-bond donors (Lipinski definition) is 0. The van der Waals surface area contributed by atoms with Crippen LogP contribution in [0.3, 0.4) is 0 Å². The first kappa shape index (κ1) is 45.4. The van der Waals surface area contributed by atoms with Gasteiger partial charge in [0.1, 0.15) is 0 Å². The molecule has 0 spiro atoms. The van der Waals surface area contributed by atoms with Gasteiger partial charge in [0.05, 0.1) is 0 Å². The van der Waals surface area contributed by atoms with E-state index in [-0.39, 0.29) is 0 Å². The molecular formula is C68H60. The Bertz CT molecular complexity index is 3680. The van der Waals surface area contributed by atoms with Crippen molar-refractivity contribution in [3.8, 4) is 22.3 Å². The lowest BCUT2D eigenvalue weighted by Gasteiger charge is -2.09. The minimum Gasteiger partial charge on any atom is -0.0616 e. The fraction of sp³-hybridized carbons (Fsp3) is 0.118. The summed E-state index contributed by atoms with van der Waals surface area (Å²) in [6.45, 7) is 17.1. The largest absolute Gasteiger partial charge is 0.0616 e. The molecule has 0 unspecified atom stereocenters. The first-order valence-corrected chi connectivity index (χ1v) is 23.9. The molecule has 0 aliphatic heterocycles. The Labute approximate surface area is 403 Å². The van der Waals surface area contributed by atoms with Crippen molar-refractivity contribution in [2.75, 3.05) is 0 Å². The van der Waals surface area contributed by atoms with E-state index in [1.54, 1.807) is 0 Å². The zero-order valence-corrected chi connectivity index (χ0v) is 40.8. The average molecular weight is 877 g/mol. The highest BCUT2D eigenvalue weighted by atomic mass is 14.1. The van der Waals surface area contributed by atoms with Crippen molar-refractivity contribution in [3.05, 3.63) is 263 Å². The SMILES string of the molecule is Cc1ccc(-c2ccc(C)c3ccccc23)cc1.Cc1ccc(-c2ccc3cc(C)ccc3c2)cc1.Cc1ccc2c(ccc3cc(C)ccc32)c1.Cc1ccc2c(ccc3ccc(C)cc32)c1. The van der Waals surface area contributed by atoms with E-state index in [9.17, 15) is 0 Å². The van der Waals surface area contributed by atoms with E-state index < -0.39 is 0 Å². The predicted octanol–water partition coefficient (Wildman–Crippen LogP) is 19.5. The van der Waals surface area contributed by atoms with E-state index in [0.29, 0.717) is 0 Å². The van der Waals surface area contributed by atoms with Gasteiger partial charge in [-0.3, -0.25) is 0 Å². The second kappa shape index (κ2) is 20.0. The molecule has 0 aliphatic carbocycles. The Morgan fingerprint density at radius 1 is 0.191 bits per heavy atom. The number of aryl methyl sites for hydroxylation is 8. The van der Waals surface area contributed by atoms with Gasteiger partial charge in [-0.15, -0.1) is 0 Å². The molecule has 68 heavy (non-hydrogen) atoms. The summed E-state index contributed by atoms with van der Waals surface area (Å²) in [5.74, 6) is 0. The lowest BCUT2D eigenvalue weighted by atomic mass is 9.95. The summed E-state index contributed by atoms with van der Waals surface area (Å²) in [7, 11) is 0. The third-order valence-corrected chi connectivity index (χ3v) is 13.2. The summed E-state index contributed by atoms with van der Waals surface area (Å²) >= 11 is 0. The molecule has 332 valence electrons. The first-order chi connectivity index (χ1) is 32.9. The third-order valence-electron chi connectivity index (χ3n) is 13.2. The summed E-state index contributed by atoms with van der Waals surface area (Å²) < 4.78 is 0. The standard InChI is InChI=1S/2C18H16.2C16H14/c1-13-3-6-15(7-4-13)17-10-9-16-11-14(2)5-8-18(16)12-17;1-13-7-10-15(11-8-13)17-12-9-14(2)16-5-3-4-6-18(16)17;1-11-3-7-15-13(9-11)5-6-14-10-12(2)4-8-16(14)15;1-11-4-8-15-14(9-11)7-6-13-5-3-12(2)10-16(13)15/h2*3-12H,1-2H3;2*3-10H,1-2H3. The molecule has 12 aromatic carbocycles. The van der Waals surface area contributed by atoms with E-state index >= 15 is 0 Å². The van der Waals surface area contributed by atoms with Crippen molar-refractivity contribution in [1.82, 2.24) is 0 Å². The monoisotopic (exact) mass is 876 g/mol. The van der Waals surface area contributed by atoms with Crippen LogP contribution in [0.4, 0.5) is 0 Å². The molecule has 12 rings (SSSR count). The molecule has 12 aromatic rings. The highest BCUT2D eigenvalue weighted by molar-refractivity contribution is 6.09. The zero-order valence-electron chi connectivity index (χ0n) is 40.8. The van der Waals surface area contributed by atoms with Crippen molar-refractivity contribution >= 4 is 64.6 Å². The fourth-order valence-corrected chi connectivity index (χ4v) is 9.33. The lowest BCUT2D eigenvalue weighted by Crippen LogP contribution is -1.84. The Kier molecular flexibility index (Phi) is 13.3. The van der Waals surface area contributed by atoms with Crippen molar-refractivity contribution in [2.24, 2.45) is 0 Å². The maximum atomic E-state index is 2.27. The topological polar surface area (TPSA) is 0 Å². The van der Waals surface area contributed by atoms with Crippen molar-refractivity contribution in [1.29, 1.82) is 0 Å². The van der Waals surface area contributed by atoms with Gasteiger partial charge in [-0.1, -0.05) is 251 Å². The highest BCUT2D eigenvalue weighted by Gasteiger charge is 2.06. The van der Waals surface area contributed by atoms with Gasteiger partial charge in [0.2, 0.25) is 0 Å². The lowest BCUT2D eigenvalue weighted by molar-refractivity contribution is 1.47. The van der Waals surface area contributed by atoms with Gasteiger partial charge < -0.3 is 0 Å². The molecule has 0 aromatic heterocycles. The normalized spacial score (nSPS) is 10.9.